The Kier molecular flexibility index (Phi) is 7.53. The highest BCUT2D eigenvalue weighted by Crippen LogP contribution is 2.22. The average molecular weight is 419 g/mol. The fourth-order valence-electron chi connectivity index (χ4n) is 2.81. The third-order valence-corrected chi connectivity index (χ3v) is 6.54. The van der Waals surface area contributed by atoms with Crippen LogP contribution in [0.1, 0.15) is 47.1 Å². The molecule has 0 unspecified atom stereocenters. The number of sulfonamides is 1. The first-order chi connectivity index (χ1) is 13.7. The van der Waals surface area contributed by atoms with E-state index in [0.29, 0.717) is 30.0 Å². The molecule has 0 heterocycles. The second kappa shape index (κ2) is 9.67. The molecule has 0 aliphatic heterocycles. The van der Waals surface area contributed by atoms with Crippen LogP contribution in [-0.4, -0.2) is 44.7 Å². The van der Waals surface area contributed by atoms with Crippen LogP contribution in [0.15, 0.2) is 47.4 Å². The Balaban J connectivity index is 2.15. The van der Waals surface area contributed by atoms with Crippen LogP contribution in [0.3, 0.4) is 0 Å². The summed E-state index contributed by atoms with van der Waals surface area (Å²) in [4.78, 5) is 24.0. The topological polar surface area (TPSA) is 90.0 Å². The van der Waals surface area contributed by atoms with E-state index in [-0.39, 0.29) is 22.8 Å². The first kappa shape index (κ1) is 22.6. The molecule has 0 amide bonds. The number of esters is 1. The van der Waals surface area contributed by atoms with Crippen LogP contribution in [-0.2, 0) is 21.4 Å². The maximum atomic E-state index is 12.5. The summed E-state index contributed by atoms with van der Waals surface area (Å²) in [5, 5.41) is 0. The average Bonchev–Trinajstić information content (AvgIpc) is 2.72. The molecule has 0 aromatic heterocycles. The zero-order valence-electron chi connectivity index (χ0n) is 17.0. The summed E-state index contributed by atoms with van der Waals surface area (Å²) in [5.41, 5.74) is 1.28. The SMILES string of the molecule is CCN(CC)S(=O)(=O)c1ccc(C(=O)OCc2cc(C(C)=O)ccc2OC)cc1. The van der Waals surface area contributed by atoms with Crippen molar-refractivity contribution in [2.75, 3.05) is 20.2 Å². The van der Waals surface area contributed by atoms with Gasteiger partial charge >= 0.3 is 5.97 Å². The number of Topliss-reactive ketones (excluding diaryl/α,β-unsaturated/α-hetero) is 1. The summed E-state index contributed by atoms with van der Waals surface area (Å²) >= 11 is 0. The van der Waals surface area contributed by atoms with E-state index in [1.54, 1.807) is 32.0 Å². The standard InChI is InChI=1S/C21H25NO6S/c1-5-22(6-2)29(25,26)19-10-7-16(8-11-19)21(24)28-14-18-13-17(15(3)23)9-12-20(18)27-4/h7-13H,5-6,14H2,1-4H3. The lowest BCUT2D eigenvalue weighted by atomic mass is 10.1. The number of carbonyl (C=O) groups excluding carboxylic acids is 2. The van der Waals surface area contributed by atoms with Gasteiger partial charge in [0.25, 0.3) is 0 Å². The number of ketones is 1. The molecule has 2 aromatic carbocycles. The molecular weight excluding hydrogens is 394 g/mol. The lowest BCUT2D eigenvalue weighted by Gasteiger charge is -2.18. The van der Waals surface area contributed by atoms with Gasteiger partial charge in [-0.05, 0) is 49.4 Å². The van der Waals surface area contributed by atoms with Crippen LogP contribution in [0.4, 0.5) is 0 Å². The molecule has 0 fully saturated rings. The highest BCUT2D eigenvalue weighted by molar-refractivity contribution is 7.89. The van der Waals surface area contributed by atoms with Gasteiger partial charge in [-0.2, -0.15) is 4.31 Å². The van der Waals surface area contributed by atoms with Crippen molar-refractivity contribution in [3.05, 3.63) is 59.2 Å². The number of ether oxygens (including phenoxy) is 2. The minimum atomic E-state index is -3.59. The van der Waals surface area contributed by atoms with Crippen molar-refractivity contribution >= 4 is 21.8 Å². The fourth-order valence-corrected chi connectivity index (χ4v) is 4.27. The number of hydrogen-bond acceptors (Lipinski definition) is 6. The molecule has 156 valence electrons. The Bertz CT molecular complexity index is 979. The van der Waals surface area contributed by atoms with E-state index in [0.717, 1.165) is 0 Å². The third kappa shape index (κ3) is 5.21. The first-order valence-corrected chi connectivity index (χ1v) is 10.6. The molecule has 0 spiro atoms. The summed E-state index contributed by atoms with van der Waals surface area (Å²) in [7, 11) is -2.10. The van der Waals surface area contributed by atoms with Crippen LogP contribution in [0, 0.1) is 0 Å². The Hall–Kier alpha value is -2.71. The van der Waals surface area contributed by atoms with Crippen molar-refractivity contribution in [3.8, 4) is 5.75 Å². The van der Waals surface area contributed by atoms with E-state index < -0.39 is 16.0 Å². The van der Waals surface area contributed by atoms with Crippen LogP contribution >= 0.6 is 0 Å². The lowest BCUT2D eigenvalue weighted by molar-refractivity contribution is 0.0470. The second-order valence-electron chi connectivity index (χ2n) is 6.27. The van der Waals surface area contributed by atoms with Gasteiger partial charge in [0.15, 0.2) is 5.78 Å². The van der Waals surface area contributed by atoms with Gasteiger partial charge in [0.2, 0.25) is 10.0 Å². The summed E-state index contributed by atoms with van der Waals surface area (Å²) in [6, 6.07) is 10.5. The van der Waals surface area contributed by atoms with E-state index in [1.165, 1.54) is 42.6 Å². The van der Waals surface area contributed by atoms with Crippen LogP contribution < -0.4 is 4.74 Å². The van der Waals surface area contributed by atoms with E-state index >= 15 is 0 Å². The third-order valence-electron chi connectivity index (χ3n) is 4.48. The van der Waals surface area contributed by atoms with Gasteiger partial charge in [0.05, 0.1) is 17.6 Å². The molecule has 0 bridgehead atoms. The molecule has 29 heavy (non-hydrogen) atoms. The highest BCUT2D eigenvalue weighted by atomic mass is 32.2. The Morgan fingerprint density at radius 1 is 0.966 bits per heavy atom. The zero-order chi connectivity index (χ0) is 21.6. The molecule has 7 nitrogen and oxygen atoms in total. The van der Waals surface area contributed by atoms with Crippen molar-refractivity contribution in [1.82, 2.24) is 4.31 Å². The molecular formula is C21H25NO6S. The summed E-state index contributed by atoms with van der Waals surface area (Å²) in [6.07, 6.45) is 0. The van der Waals surface area contributed by atoms with Gasteiger partial charge in [0, 0.05) is 24.2 Å². The first-order valence-electron chi connectivity index (χ1n) is 9.19. The number of benzene rings is 2. The number of carbonyl (C=O) groups is 2. The molecule has 2 aromatic rings. The monoisotopic (exact) mass is 419 g/mol. The molecule has 0 N–H and O–H groups in total. The molecule has 0 saturated heterocycles. The van der Waals surface area contributed by atoms with Gasteiger partial charge < -0.3 is 9.47 Å². The van der Waals surface area contributed by atoms with Crippen molar-refractivity contribution < 1.29 is 27.5 Å². The maximum absolute atomic E-state index is 12.5. The molecule has 8 heteroatoms. The summed E-state index contributed by atoms with van der Waals surface area (Å²) in [6.45, 7) is 5.63. The summed E-state index contributed by atoms with van der Waals surface area (Å²) in [5.74, 6) is -0.208. The molecule has 0 saturated carbocycles. The Morgan fingerprint density at radius 3 is 2.07 bits per heavy atom. The van der Waals surface area contributed by atoms with Gasteiger partial charge in [-0.15, -0.1) is 0 Å². The van der Waals surface area contributed by atoms with Crippen LogP contribution in [0.25, 0.3) is 0 Å². The number of hydrogen-bond donors (Lipinski definition) is 0. The smallest absolute Gasteiger partial charge is 0.338 e. The van der Waals surface area contributed by atoms with Crippen LogP contribution in [0.2, 0.25) is 0 Å². The molecule has 0 aliphatic carbocycles. The predicted octanol–water partition coefficient (Wildman–Crippen LogP) is 3.29. The quantitative estimate of drug-likeness (QED) is 0.458. The van der Waals surface area contributed by atoms with Crippen molar-refractivity contribution in [3.63, 3.8) is 0 Å². The van der Waals surface area contributed by atoms with E-state index in [9.17, 15) is 18.0 Å². The maximum Gasteiger partial charge on any atom is 0.338 e. The summed E-state index contributed by atoms with van der Waals surface area (Å²) < 4.78 is 36.9. The second-order valence-corrected chi connectivity index (χ2v) is 8.21. The normalized spacial score (nSPS) is 11.3. The van der Waals surface area contributed by atoms with Gasteiger partial charge in [-0.3, -0.25) is 4.79 Å². The number of rotatable bonds is 9. The van der Waals surface area contributed by atoms with Crippen molar-refractivity contribution in [2.45, 2.75) is 32.3 Å². The largest absolute Gasteiger partial charge is 0.496 e. The van der Waals surface area contributed by atoms with Gasteiger partial charge in [-0.1, -0.05) is 13.8 Å². The molecule has 0 atom stereocenters. The highest BCUT2D eigenvalue weighted by Gasteiger charge is 2.22. The van der Waals surface area contributed by atoms with E-state index in [1.807, 2.05) is 0 Å². The van der Waals surface area contributed by atoms with Crippen molar-refractivity contribution in [2.24, 2.45) is 0 Å². The Morgan fingerprint density at radius 2 is 1.55 bits per heavy atom. The minimum absolute atomic E-state index is 0.0807. The lowest BCUT2D eigenvalue weighted by Crippen LogP contribution is -2.30. The molecule has 0 aliphatic rings. The number of nitrogens with zero attached hydrogens (tertiary/aromatic N) is 1. The van der Waals surface area contributed by atoms with Gasteiger partial charge in [0.1, 0.15) is 12.4 Å². The number of methoxy groups -OCH3 is 1. The predicted molar refractivity (Wildman–Crippen MR) is 109 cm³/mol. The molecule has 0 radical (unpaired) electrons. The van der Waals surface area contributed by atoms with E-state index in [4.69, 9.17) is 9.47 Å². The Labute approximate surface area is 171 Å². The molecule has 2 rings (SSSR count). The van der Waals surface area contributed by atoms with Crippen LogP contribution in [0.5, 0.6) is 5.75 Å². The fraction of sp³-hybridized carbons (Fsp3) is 0.333. The zero-order valence-corrected chi connectivity index (χ0v) is 17.8. The minimum Gasteiger partial charge on any atom is -0.496 e. The van der Waals surface area contributed by atoms with E-state index in [2.05, 4.69) is 0 Å². The van der Waals surface area contributed by atoms with Gasteiger partial charge in [-0.25, -0.2) is 13.2 Å². The van der Waals surface area contributed by atoms with Crippen molar-refractivity contribution in [1.29, 1.82) is 0 Å².